The van der Waals surface area contributed by atoms with Crippen LogP contribution in [0, 0.1) is 0 Å². The fraction of sp³-hybridized carbons (Fsp3) is 0.0909. The van der Waals surface area contributed by atoms with E-state index in [-0.39, 0.29) is 5.91 Å². The highest BCUT2D eigenvalue weighted by Gasteiger charge is 2.19. The lowest BCUT2D eigenvalue weighted by atomic mass is 10.0. The van der Waals surface area contributed by atoms with E-state index >= 15 is 0 Å². The van der Waals surface area contributed by atoms with Crippen LogP contribution in [0.15, 0.2) is 83.7 Å². The van der Waals surface area contributed by atoms with Crippen LogP contribution in [0.25, 0.3) is 10.8 Å². The second-order valence-corrected chi connectivity index (χ2v) is 6.92. The summed E-state index contributed by atoms with van der Waals surface area (Å²) in [5, 5.41) is 6.18. The van der Waals surface area contributed by atoms with Crippen LogP contribution >= 0.6 is 11.3 Å². The Hall–Kier alpha value is -2.98. The third kappa shape index (κ3) is 3.51. The van der Waals surface area contributed by atoms with Crippen molar-refractivity contribution < 1.29 is 4.79 Å². The molecule has 1 amide bonds. The zero-order valence-corrected chi connectivity index (χ0v) is 15.0. The minimum absolute atomic E-state index is 0.0265. The molecule has 3 nitrogen and oxygen atoms in total. The van der Waals surface area contributed by atoms with E-state index in [4.69, 9.17) is 0 Å². The monoisotopic (exact) mass is 358 g/mol. The molecule has 4 heteroatoms. The van der Waals surface area contributed by atoms with E-state index in [9.17, 15) is 4.79 Å². The predicted molar refractivity (Wildman–Crippen MR) is 106 cm³/mol. The molecule has 0 bridgehead atoms. The van der Waals surface area contributed by atoms with E-state index in [2.05, 4.69) is 16.4 Å². The Kier molecular flexibility index (Phi) is 4.75. The Balaban J connectivity index is 1.71. The molecule has 0 fully saturated rings. The number of fused-ring (bicyclic) bond motifs is 1. The summed E-state index contributed by atoms with van der Waals surface area (Å²) >= 11 is 1.64. The normalized spacial score (nSPS) is 10.8. The number of benzene rings is 2. The Labute approximate surface area is 156 Å². The van der Waals surface area contributed by atoms with Crippen LogP contribution in [-0.2, 0) is 13.1 Å². The number of amides is 1. The number of aromatic nitrogens is 1. The predicted octanol–water partition coefficient (Wildman–Crippen LogP) is 5.14. The van der Waals surface area contributed by atoms with Crippen molar-refractivity contribution >= 4 is 28.0 Å². The highest BCUT2D eigenvalue weighted by Crippen LogP contribution is 2.22. The van der Waals surface area contributed by atoms with E-state index in [0.29, 0.717) is 13.1 Å². The number of hydrogen-bond donors (Lipinski definition) is 0. The average molecular weight is 358 g/mol. The SMILES string of the molecule is O=C(c1cccc2ccccc12)N(Cc1ccsc1)Cc1ccccn1. The minimum atomic E-state index is 0.0265. The van der Waals surface area contributed by atoms with Gasteiger partial charge in [-0.3, -0.25) is 9.78 Å². The zero-order valence-electron chi connectivity index (χ0n) is 14.2. The Morgan fingerprint density at radius 2 is 1.77 bits per heavy atom. The lowest BCUT2D eigenvalue weighted by molar-refractivity contribution is 0.0730. The Morgan fingerprint density at radius 1 is 0.923 bits per heavy atom. The summed E-state index contributed by atoms with van der Waals surface area (Å²) < 4.78 is 0. The number of carbonyl (C=O) groups excluding carboxylic acids is 1. The molecule has 0 radical (unpaired) electrons. The fourth-order valence-electron chi connectivity index (χ4n) is 3.07. The van der Waals surface area contributed by atoms with Gasteiger partial charge >= 0.3 is 0 Å². The molecule has 2 aromatic carbocycles. The van der Waals surface area contributed by atoms with Gasteiger partial charge in [-0.15, -0.1) is 0 Å². The van der Waals surface area contributed by atoms with Gasteiger partial charge in [-0.25, -0.2) is 0 Å². The van der Waals surface area contributed by atoms with Crippen LogP contribution in [0.4, 0.5) is 0 Å². The zero-order chi connectivity index (χ0) is 17.8. The van der Waals surface area contributed by atoms with Crippen LogP contribution in [0.5, 0.6) is 0 Å². The summed E-state index contributed by atoms with van der Waals surface area (Å²) in [6, 6.07) is 21.8. The number of nitrogens with zero attached hydrogens (tertiary/aromatic N) is 2. The van der Waals surface area contributed by atoms with Crippen molar-refractivity contribution in [3.8, 4) is 0 Å². The van der Waals surface area contributed by atoms with Crippen molar-refractivity contribution in [3.63, 3.8) is 0 Å². The van der Waals surface area contributed by atoms with Gasteiger partial charge < -0.3 is 4.90 Å². The molecular weight excluding hydrogens is 340 g/mol. The molecule has 4 aromatic rings. The van der Waals surface area contributed by atoms with E-state index in [1.54, 1.807) is 17.5 Å². The lowest BCUT2D eigenvalue weighted by Gasteiger charge is -2.23. The molecular formula is C22H18N2OS. The van der Waals surface area contributed by atoms with Gasteiger partial charge in [-0.1, -0.05) is 42.5 Å². The molecule has 26 heavy (non-hydrogen) atoms. The van der Waals surface area contributed by atoms with E-state index in [1.807, 2.05) is 70.9 Å². The number of rotatable bonds is 5. The summed E-state index contributed by atoms with van der Waals surface area (Å²) in [4.78, 5) is 19.7. The summed E-state index contributed by atoms with van der Waals surface area (Å²) in [7, 11) is 0. The molecule has 4 rings (SSSR count). The average Bonchev–Trinajstić information content (AvgIpc) is 3.20. The molecule has 0 atom stereocenters. The number of carbonyl (C=O) groups is 1. The van der Waals surface area contributed by atoms with Crippen molar-refractivity contribution in [3.05, 3.63) is 101 Å². The standard InChI is InChI=1S/C22H18N2OS/c25-22(21-10-5-7-18-6-1-2-9-20(18)21)24(14-17-11-13-26-16-17)15-19-8-3-4-12-23-19/h1-13,16H,14-15H2. The van der Waals surface area contributed by atoms with E-state index in [1.165, 1.54) is 0 Å². The molecule has 0 saturated heterocycles. The number of hydrogen-bond acceptors (Lipinski definition) is 3. The maximum Gasteiger partial charge on any atom is 0.255 e. The second kappa shape index (κ2) is 7.50. The van der Waals surface area contributed by atoms with Gasteiger partial charge in [0.15, 0.2) is 0 Å². The van der Waals surface area contributed by atoms with E-state index in [0.717, 1.165) is 27.6 Å². The molecule has 0 saturated carbocycles. The van der Waals surface area contributed by atoms with Gasteiger partial charge in [0.1, 0.15) is 0 Å². The van der Waals surface area contributed by atoms with E-state index < -0.39 is 0 Å². The van der Waals surface area contributed by atoms with Crippen LogP contribution in [0.1, 0.15) is 21.6 Å². The van der Waals surface area contributed by atoms with Crippen LogP contribution in [-0.4, -0.2) is 15.8 Å². The topological polar surface area (TPSA) is 33.2 Å². The molecule has 0 unspecified atom stereocenters. The second-order valence-electron chi connectivity index (χ2n) is 6.14. The minimum Gasteiger partial charge on any atom is -0.328 e. The number of pyridine rings is 1. The summed E-state index contributed by atoms with van der Waals surface area (Å²) in [5.41, 5.74) is 2.75. The molecule has 0 spiro atoms. The molecule has 2 heterocycles. The molecule has 0 aliphatic heterocycles. The highest BCUT2D eigenvalue weighted by atomic mass is 32.1. The maximum absolute atomic E-state index is 13.4. The van der Waals surface area contributed by atoms with Crippen molar-refractivity contribution in [2.24, 2.45) is 0 Å². The number of thiophene rings is 1. The largest absolute Gasteiger partial charge is 0.328 e. The first-order valence-corrected chi connectivity index (χ1v) is 9.43. The lowest BCUT2D eigenvalue weighted by Crippen LogP contribution is -2.30. The molecule has 0 aliphatic carbocycles. The Morgan fingerprint density at radius 3 is 2.58 bits per heavy atom. The van der Waals surface area contributed by atoms with Crippen molar-refractivity contribution in [2.45, 2.75) is 13.1 Å². The van der Waals surface area contributed by atoms with Gasteiger partial charge in [-0.2, -0.15) is 11.3 Å². The van der Waals surface area contributed by atoms with Gasteiger partial charge in [0.05, 0.1) is 12.2 Å². The third-order valence-corrected chi connectivity index (χ3v) is 5.07. The van der Waals surface area contributed by atoms with Crippen LogP contribution < -0.4 is 0 Å². The highest BCUT2D eigenvalue weighted by molar-refractivity contribution is 7.07. The molecule has 0 aliphatic rings. The first-order valence-electron chi connectivity index (χ1n) is 8.49. The van der Waals surface area contributed by atoms with Gasteiger partial charge in [-0.05, 0) is 51.4 Å². The Bertz CT molecular complexity index is 1010. The molecule has 2 aromatic heterocycles. The summed E-state index contributed by atoms with van der Waals surface area (Å²) in [5.74, 6) is 0.0265. The van der Waals surface area contributed by atoms with Crippen molar-refractivity contribution in [1.82, 2.24) is 9.88 Å². The fourth-order valence-corrected chi connectivity index (χ4v) is 3.73. The van der Waals surface area contributed by atoms with Gasteiger partial charge in [0.2, 0.25) is 0 Å². The summed E-state index contributed by atoms with van der Waals surface area (Å²) in [6.45, 7) is 1.06. The maximum atomic E-state index is 13.4. The van der Waals surface area contributed by atoms with Crippen LogP contribution in [0.2, 0.25) is 0 Å². The van der Waals surface area contributed by atoms with Crippen molar-refractivity contribution in [2.75, 3.05) is 0 Å². The van der Waals surface area contributed by atoms with Gasteiger partial charge in [0, 0.05) is 18.3 Å². The van der Waals surface area contributed by atoms with Crippen LogP contribution in [0.3, 0.4) is 0 Å². The first kappa shape index (κ1) is 16.5. The smallest absolute Gasteiger partial charge is 0.255 e. The molecule has 0 N–H and O–H groups in total. The van der Waals surface area contributed by atoms with Gasteiger partial charge in [0.25, 0.3) is 5.91 Å². The third-order valence-electron chi connectivity index (χ3n) is 4.34. The first-order chi connectivity index (χ1) is 12.8. The van der Waals surface area contributed by atoms with Crippen molar-refractivity contribution in [1.29, 1.82) is 0 Å². The summed E-state index contributed by atoms with van der Waals surface area (Å²) in [6.07, 6.45) is 1.76. The molecule has 128 valence electrons. The quantitative estimate of drug-likeness (QED) is 0.495.